The smallest absolute Gasteiger partial charge is 0.302 e. The average Bonchev–Trinajstić information content (AvgIpc) is 3.25. The van der Waals surface area contributed by atoms with E-state index in [-0.39, 0.29) is 23.4 Å². The molecule has 3 nitrogen and oxygen atoms in total. The molecule has 0 N–H and O–H groups in total. The van der Waals surface area contributed by atoms with E-state index < -0.39 is 5.67 Å². The van der Waals surface area contributed by atoms with Crippen LogP contribution < -0.4 is 0 Å². The second-order valence-electron chi connectivity index (χ2n) is 10.5. The first kappa shape index (κ1) is 17.9. The number of fused-ring (bicyclic) bond motifs is 3. The normalized spacial score (nSPS) is 52.8. The summed E-state index contributed by atoms with van der Waals surface area (Å²) in [6.07, 6.45) is 8.24. The highest BCUT2D eigenvalue weighted by Gasteiger charge is 2.82. The van der Waals surface area contributed by atoms with Gasteiger partial charge in [0.25, 0.3) is 0 Å². The van der Waals surface area contributed by atoms with Gasteiger partial charge >= 0.3 is 5.97 Å². The van der Waals surface area contributed by atoms with Crippen LogP contribution in [0, 0.1) is 40.4 Å². The molecule has 0 aromatic rings. The fourth-order valence-corrected chi connectivity index (χ4v) is 8.44. The number of ether oxygens (including phenoxy) is 1. The Morgan fingerprint density at radius 2 is 2.11 bits per heavy atom. The van der Waals surface area contributed by atoms with Crippen LogP contribution >= 0.6 is 0 Å². The van der Waals surface area contributed by atoms with Crippen LogP contribution in [0.2, 0.25) is 0 Å². The maximum atomic E-state index is 16.2. The molecule has 0 aromatic heterocycles. The zero-order valence-corrected chi connectivity index (χ0v) is 16.7. The van der Waals surface area contributed by atoms with Crippen LogP contribution in [0.1, 0.15) is 65.7 Å². The van der Waals surface area contributed by atoms with Gasteiger partial charge in [0.2, 0.25) is 0 Å². The lowest BCUT2D eigenvalue weighted by Crippen LogP contribution is -2.57. The second kappa shape index (κ2) is 5.45. The molecule has 5 rings (SSSR count). The Labute approximate surface area is 161 Å². The van der Waals surface area contributed by atoms with Crippen molar-refractivity contribution in [1.29, 1.82) is 0 Å². The first-order valence-corrected chi connectivity index (χ1v) is 10.8. The van der Waals surface area contributed by atoms with Crippen molar-refractivity contribution in [1.82, 2.24) is 0 Å². The van der Waals surface area contributed by atoms with Crippen LogP contribution in [0.3, 0.4) is 0 Å². The zero-order valence-electron chi connectivity index (χ0n) is 16.7. The number of hydrogen-bond acceptors (Lipinski definition) is 3. The lowest BCUT2D eigenvalue weighted by Gasteiger charge is -2.59. The largest absolute Gasteiger partial charge is 0.462 e. The third kappa shape index (κ3) is 2.13. The number of esters is 1. The first-order valence-electron chi connectivity index (χ1n) is 10.8. The number of rotatable bonds is 2. The second-order valence-corrected chi connectivity index (χ2v) is 10.5. The minimum atomic E-state index is -1.38. The van der Waals surface area contributed by atoms with E-state index in [4.69, 9.17) is 4.74 Å². The molecule has 1 spiro atoms. The van der Waals surface area contributed by atoms with Gasteiger partial charge in [-0.05, 0) is 79.6 Å². The van der Waals surface area contributed by atoms with Crippen molar-refractivity contribution in [2.45, 2.75) is 71.4 Å². The summed E-state index contributed by atoms with van der Waals surface area (Å²) in [7, 11) is 0. The Hall–Kier alpha value is -1.19. The van der Waals surface area contributed by atoms with E-state index in [0.717, 1.165) is 32.1 Å². The van der Waals surface area contributed by atoms with Gasteiger partial charge in [0.1, 0.15) is 6.61 Å². The molecule has 0 amide bonds. The minimum Gasteiger partial charge on any atom is -0.462 e. The van der Waals surface area contributed by atoms with E-state index in [1.807, 2.05) is 6.08 Å². The SMILES string of the molecule is CC(=O)OCC1(F)CC2C[C@@]23[C@@H]2C(C)CC4=CC(=O)CC[C@@H]4[C@H]2CC[C@]13C. The van der Waals surface area contributed by atoms with E-state index in [1.54, 1.807) is 0 Å². The van der Waals surface area contributed by atoms with Crippen LogP contribution in [0.5, 0.6) is 0 Å². The van der Waals surface area contributed by atoms with Gasteiger partial charge < -0.3 is 4.74 Å². The van der Waals surface area contributed by atoms with Crippen molar-refractivity contribution in [3.63, 3.8) is 0 Å². The Kier molecular flexibility index (Phi) is 3.61. The molecule has 27 heavy (non-hydrogen) atoms. The molecule has 8 atom stereocenters. The van der Waals surface area contributed by atoms with Crippen molar-refractivity contribution in [3.8, 4) is 0 Å². The highest BCUT2D eigenvalue weighted by molar-refractivity contribution is 5.91. The molecule has 0 saturated heterocycles. The van der Waals surface area contributed by atoms with Gasteiger partial charge in [0.05, 0.1) is 0 Å². The maximum absolute atomic E-state index is 16.2. The quantitative estimate of drug-likeness (QED) is 0.661. The molecule has 4 saturated carbocycles. The number of carbonyl (C=O) groups is 2. The van der Waals surface area contributed by atoms with Gasteiger partial charge in [0.15, 0.2) is 11.5 Å². The lowest BCUT2D eigenvalue weighted by molar-refractivity contribution is -0.162. The molecule has 4 fully saturated rings. The monoisotopic (exact) mass is 374 g/mol. The van der Waals surface area contributed by atoms with Crippen LogP contribution in [0.25, 0.3) is 0 Å². The standard InChI is InChI=1S/C23H31FO3/c1-13-8-15-9-17(26)4-5-18(15)19-6-7-21(3)22(24,12-27-14(2)25)10-16-11-23(16,21)20(13)19/h9,13,16,18-20H,4-8,10-12H2,1-3H3/t13?,16?,18-,19+,20+,21+,22?,23-/m0/s1. The van der Waals surface area contributed by atoms with Crippen molar-refractivity contribution < 1.29 is 18.7 Å². The molecular formula is C23H31FO3. The Morgan fingerprint density at radius 1 is 1.33 bits per heavy atom. The molecule has 148 valence electrons. The molecule has 5 aliphatic rings. The molecule has 0 bridgehead atoms. The highest BCUT2D eigenvalue weighted by atomic mass is 19.1. The average molecular weight is 374 g/mol. The molecule has 0 radical (unpaired) electrons. The number of hydrogen-bond donors (Lipinski definition) is 0. The summed E-state index contributed by atoms with van der Waals surface area (Å²) >= 11 is 0. The van der Waals surface area contributed by atoms with Crippen molar-refractivity contribution in [2.24, 2.45) is 40.4 Å². The first-order chi connectivity index (χ1) is 12.7. The van der Waals surface area contributed by atoms with Gasteiger partial charge in [-0.2, -0.15) is 0 Å². The van der Waals surface area contributed by atoms with E-state index >= 15 is 4.39 Å². The lowest BCUT2D eigenvalue weighted by atomic mass is 9.46. The van der Waals surface area contributed by atoms with Gasteiger partial charge in [-0.3, -0.25) is 9.59 Å². The molecule has 0 aliphatic heterocycles. The number of alkyl halides is 1. The molecule has 0 aromatic carbocycles. The number of allylic oxidation sites excluding steroid dienone is 1. The summed E-state index contributed by atoms with van der Waals surface area (Å²) in [5.74, 6) is 2.53. The number of halogens is 1. The summed E-state index contributed by atoms with van der Waals surface area (Å²) in [4.78, 5) is 23.3. The fraction of sp³-hybridized carbons (Fsp3) is 0.826. The summed E-state index contributed by atoms with van der Waals surface area (Å²) in [5.41, 5.74) is -0.315. The third-order valence-electron chi connectivity index (χ3n) is 9.49. The third-order valence-corrected chi connectivity index (χ3v) is 9.49. The number of carbonyl (C=O) groups excluding carboxylic acids is 2. The fourth-order valence-electron chi connectivity index (χ4n) is 8.44. The van der Waals surface area contributed by atoms with Crippen LogP contribution in [0.4, 0.5) is 4.39 Å². The molecule has 0 heterocycles. The van der Waals surface area contributed by atoms with Gasteiger partial charge in [0, 0.05) is 18.8 Å². The van der Waals surface area contributed by atoms with E-state index in [1.165, 1.54) is 12.5 Å². The summed E-state index contributed by atoms with van der Waals surface area (Å²) in [6.45, 7) is 5.78. The topological polar surface area (TPSA) is 43.4 Å². The predicted molar refractivity (Wildman–Crippen MR) is 99.5 cm³/mol. The summed E-state index contributed by atoms with van der Waals surface area (Å²) in [5, 5.41) is 0. The van der Waals surface area contributed by atoms with Crippen LogP contribution in [0.15, 0.2) is 11.6 Å². The van der Waals surface area contributed by atoms with Crippen molar-refractivity contribution in [2.75, 3.05) is 6.61 Å². The van der Waals surface area contributed by atoms with Gasteiger partial charge in [-0.25, -0.2) is 4.39 Å². The van der Waals surface area contributed by atoms with Gasteiger partial charge in [-0.15, -0.1) is 0 Å². The van der Waals surface area contributed by atoms with E-state index in [2.05, 4.69) is 13.8 Å². The van der Waals surface area contributed by atoms with Crippen LogP contribution in [-0.4, -0.2) is 24.0 Å². The van der Waals surface area contributed by atoms with E-state index in [0.29, 0.717) is 48.2 Å². The Bertz CT molecular complexity index is 744. The molecular weight excluding hydrogens is 343 g/mol. The summed E-state index contributed by atoms with van der Waals surface area (Å²) in [6, 6.07) is 0. The maximum Gasteiger partial charge on any atom is 0.302 e. The minimum absolute atomic E-state index is 0.0774. The highest BCUT2D eigenvalue weighted by Crippen LogP contribution is 2.85. The summed E-state index contributed by atoms with van der Waals surface area (Å²) < 4.78 is 21.4. The molecule has 3 unspecified atom stereocenters. The Morgan fingerprint density at radius 3 is 2.85 bits per heavy atom. The molecule has 4 heteroatoms. The molecule has 5 aliphatic carbocycles. The van der Waals surface area contributed by atoms with Crippen molar-refractivity contribution in [3.05, 3.63) is 11.6 Å². The zero-order chi connectivity index (χ0) is 19.2. The van der Waals surface area contributed by atoms with E-state index in [9.17, 15) is 9.59 Å². The van der Waals surface area contributed by atoms with Crippen molar-refractivity contribution >= 4 is 11.8 Å². The Balaban J connectivity index is 1.50. The number of ketones is 1. The predicted octanol–water partition coefficient (Wildman–Crippen LogP) is 4.65. The van der Waals surface area contributed by atoms with Gasteiger partial charge in [-0.1, -0.05) is 19.4 Å². The van der Waals surface area contributed by atoms with Crippen LogP contribution in [-0.2, 0) is 14.3 Å².